The third kappa shape index (κ3) is 5.13. The Morgan fingerprint density at radius 3 is 2.38 bits per heavy atom. The van der Waals surface area contributed by atoms with Crippen molar-refractivity contribution < 1.29 is 22.3 Å². The minimum Gasteiger partial charge on any atom is -0.484 e. The fourth-order valence-electron chi connectivity index (χ4n) is 3.30. The topological polar surface area (TPSA) is 75.7 Å². The van der Waals surface area contributed by atoms with Gasteiger partial charge in [0.25, 0.3) is 15.9 Å². The number of fused-ring (bicyclic) bond motifs is 1. The number of carbonyl (C=O) groups is 1. The first-order chi connectivity index (χ1) is 16.2. The zero-order valence-corrected chi connectivity index (χ0v) is 19.6. The highest BCUT2D eigenvalue weighted by atomic mass is 35.5. The summed E-state index contributed by atoms with van der Waals surface area (Å²) in [6.07, 6.45) is 0. The van der Waals surface area contributed by atoms with E-state index in [-0.39, 0.29) is 22.2 Å². The number of anilines is 2. The molecule has 4 aromatic carbocycles. The molecule has 0 aliphatic heterocycles. The molecule has 1 amide bonds. The van der Waals surface area contributed by atoms with E-state index in [2.05, 4.69) is 5.32 Å². The molecular formula is C25H20ClFN2O4S. The van der Waals surface area contributed by atoms with Gasteiger partial charge in [-0.2, -0.15) is 0 Å². The summed E-state index contributed by atoms with van der Waals surface area (Å²) < 4.78 is 46.0. The van der Waals surface area contributed by atoms with Gasteiger partial charge in [-0.05, 0) is 65.4 Å². The average Bonchev–Trinajstić information content (AvgIpc) is 2.84. The summed E-state index contributed by atoms with van der Waals surface area (Å²) in [6.45, 7) is -0.307. The molecule has 0 aliphatic rings. The van der Waals surface area contributed by atoms with Crippen molar-refractivity contribution in [1.29, 1.82) is 0 Å². The first-order valence-corrected chi connectivity index (χ1v) is 12.0. The molecule has 9 heteroatoms. The lowest BCUT2D eigenvalue weighted by molar-refractivity contribution is -0.118. The lowest BCUT2D eigenvalue weighted by atomic mass is 10.1. The van der Waals surface area contributed by atoms with Crippen LogP contribution in [0.3, 0.4) is 0 Å². The van der Waals surface area contributed by atoms with Gasteiger partial charge in [-0.1, -0.05) is 41.9 Å². The van der Waals surface area contributed by atoms with Crippen LogP contribution in [0, 0.1) is 5.82 Å². The fraction of sp³-hybridized carbons (Fsp3) is 0.0800. The lowest BCUT2D eigenvalue weighted by Gasteiger charge is -2.20. The summed E-state index contributed by atoms with van der Waals surface area (Å²) in [5.41, 5.74) is 0.704. The maximum absolute atomic E-state index is 13.1. The summed E-state index contributed by atoms with van der Waals surface area (Å²) >= 11 is 5.90. The predicted octanol–water partition coefficient (Wildman–Crippen LogP) is 5.47. The van der Waals surface area contributed by atoms with Gasteiger partial charge in [0.05, 0.1) is 21.3 Å². The summed E-state index contributed by atoms with van der Waals surface area (Å²) in [6, 6.07) is 22.5. The lowest BCUT2D eigenvalue weighted by Crippen LogP contribution is -2.26. The number of amides is 1. The van der Waals surface area contributed by atoms with Gasteiger partial charge < -0.3 is 10.1 Å². The zero-order valence-electron chi connectivity index (χ0n) is 18.0. The van der Waals surface area contributed by atoms with E-state index in [1.807, 2.05) is 24.3 Å². The zero-order chi connectivity index (χ0) is 24.3. The van der Waals surface area contributed by atoms with E-state index in [1.54, 1.807) is 42.5 Å². The summed E-state index contributed by atoms with van der Waals surface area (Å²) in [4.78, 5) is 12.3. The van der Waals surface area contributed by atoms with Crippen LogP contribution >= 0.6 is 11.6 Å². The molecule has 0 unspecified atom stereocenters. The van der Waals surface area contributed by atoms with E-state index in [4.69, 9.17) is 16.3 Å². The smallest absolute Gasteiger partial charge is 0.264 e. The van der Waals surface area contributed by atoms with Crippen LogP contribution in [0.15, 0.2) is 89.8 Å². The highest BCUT2D eigenvalue weighted by Crippen LogP contribution is 2.27. The monoisotopic (exact) mass is 498 g/mol. The van der Waals surface area contributed by atoms with E-state index in [0.717, 1.165) is 16.8 Å². The Hall–Kier alpha value is -3.62. The number of nitrogens with one attached hydrogen (secondary N) is 1. The molecule has 0 heterocycles. The first kappa shape index (κ1) is 23.5. The van der Waals surface area contributed by atoms with E-state index >= 15 is 0 Å². The molecule has 0 saturated carbocycles. The number of hydrogen-bond donors (Lipinski definition) is 1. The van der Waals surface area contributed by atoms with Crippen molar-refractivity contribution in [3.63, 3.8) is 0 Å². The number of halogens is 2. The van der Waals surface area contributed by atoms with E-state index in [1.165, 1.54) is 23.5 Å². The first-order valence-electron chi connectivity index (χ1n) is 10.2. The molecule has 6 nitrogen and oxygen atoms in total. The van der Waals surface area contributed by atoms with Crippen LogP contribution in [0.25, 0.3) is 10.8 Å². The maximum Gasteiger partial charge on any atom is 0.264 e. The molecule has 0 fully saturated rings. The Bertz CT molecular complexity index is 1460. The standard InChI is InChI=1S/C25H20ClFN2O4S/c1-29(34(31,32)22-12-6-17-4-2-3-5-18(17)14-22)20-8-10-21(11-9-20)33-16-25(30)28-24-13-7-19(27)15-23(24)26/h2-15H,16H2,1H3,(H,28,30). The van der Waals surface area contributed by atoms with Crippen molar-refractivity contribution in [3.05, 3.63) is 95.8 Å². The van der Waals surface area contributed by atoms with Crippen molar-refractivity contribution in [1.82, 2.24) is 0 Å². The molecule has 0 aromatic heterocycles. The maximum atomic E-state index is 13.1. The Balaban J connectivity index is 1.41. The number of benzene rings is 4. The Labute approximate surface area is 201 Å². The normalized spacial score (nSPS) is 11.3. The number of hydrogen-bond acceptors (Lipinski definition) is 4. The SMILES string of the molecule is CN(c1ccc(OCC(=O)Nc2ccc(F)cc2Cl)cc1)S(=O)(=O)c1ccc2ccccc2c1. The molecule has 34 heavy (non-hydrogen) atoms. The largest absolute Gasteiger partial charge is 0.484 e. The molecule has 0 radical (unpaired) electrons. The number of rotatable bonds is 7. The summed E-state index contributed by atoms with van der Waals surface area (Å²) in [5.74, 6) is -0.610. The molecule has 0 bridgehead atoms. The average molecular weight is 499 g/mol. The van der Waals surface area contributed by atoms with Crippen LogP contribution in [-0.2, 0) is 14.8 Å². The third-order valence-electron chi connectivity index (χ3n) is 5.15. The Morgan fingerprint density at radius 1 is 0.971 bits per heavy atom. The van der Waals surface area contributed by atoms with Crippen LogP contribution in [0.4, 0.5) is 15.8 Å². The van der Waals surface area contributed by atoms with Gasteiger partial charge >= 0.3 is 0 Å². The number of ether oxygens (including phenoxy) is 1. The Kier molecular flexibility index (Phi) is 6.72. The van der Waals surface area contributed by atoms with Gasteiger partial charge in [0.15, 0.2) is 6.61 Å². The van der Waals surface area contributed by atoms with E-state index < -0.39 is 21.7 Å². The van der Waals surface area contributed by atoms with Gasteiger partial charge in [-0.15, -0.1) is 0 Å². The minimum atomic E-state index is -3.77. The second kappa shape index (κ2) is 9.70. The molecule has 0 spiro atoms. The van der Waals surface area contributed by atoms with Crippen molar-refractivity contribution in [2.75, 3.05) is 23.3 Å². The van der Waals surface area contributed by atoms with Gasteiger partial charge in [-0.25, -0.2) is 12.8 Å². The van der Waals surface area contributed by atoms with Gasteiger partial charge in [0, 0.05) is 7.05 Å². The van der Waals surface area contributed by atoms with E-state index in [0.29, 0.717) is 11.4 Å². The van der Waals surface area contributed by atoms with Crippen LogP contribution in [0.5, 0.6) is 5.75 Å². The molecule has 4 aromatic rings. The van der Waals surface area contributed by atoms with Crippen LogP contribution in [-0.4, -0.2) is 28.0 Å². The molecule has 0 aliphatic carbocycles. The number of sulfonamides is 1. The van der Waals surface area contributed by atoms with Crippen molar-refractivity contribution in [3.8, 4) is 5.75 Å². The summed E-state index contributed by atoms with van der Waals surface area (Å²) in [7, 11) is -2.30. The Morgan fingerprint density at radius 2 is 1.68 bits per heavy atom. The summed E-state index contributed by atoms with van der Waals surface area (Å²) in [5, 5.41) is 4.40. The molecule has 0 atom stereocenters. The van der Waals surface area contributed by atoms with E-state index in [9.17, 15) is 17.6 Å². The third-order valence-corrected chi connectivity index (χ3v) is 7.25. The van der Waals surface area contributed by atoms with Crippen molar-refractivity contribution in [2.24, 2.45) is 0 Å². The second-order valence-corrected chi connectivity index (χ2v) is 9.81. The number of carbonyl (C=O) groups excluding carboxylic acids is 1. The van der Waals surface area contributed by atoms with Gasteiger partial charge in [0.2, 0.25) is 0 Å². The molecule has 4 rings (SSSR count). The highest BCUT2D eigenvalue weighted by Gasteiger charge is 2.21. The van der Waals surface area contributed by atoms with Gasteiger partial charge in [-0.3, -0.25) is 9.10 Å². The molecule has 1 N–H and O–H groups in total. The van der Waals surface area contributed by atoms with Crippen LogP contribution in [0.2, 0.25) is 5.02 Å². The number of nitrogens with zero attached hydrogens (tertiary/aromatic N) is 1. The van der Waals surface area contributed by atoms with Crippen LogP contribution < -0.4 is 14.4 Å². The van der Waals surface area contributed by atoms with Crippen molar-refractivity contribution >= 4 is 49.7 Å². The predicted molar refractivity (Wildman–Crippen MR) is 132 cm³/mol. The van der Waals surface area contributed by atoms with Gasteiger partial charge in [0.1, 0.15) is 11.6 Å². The molecular weight excluding hydrogens is 479 g/mol. The molecule has 174 valence electrons. The second-order valence-electron chi connectivity index (χ2n) is 7.44. The molecule has 0 saturated heterocycles. The van der Waals surface area contributed by atoms with Crippen LogP contribution in [0.1, 0.15) is 0 Å². The minimum absolute atomic E-state index is 0.0772. The quantitative estimate of drug-likeness (QED) is 0.366. The highest BCUT2D eigenvalue weighted by molar-refractivity contribution is 7.92. The van der Waals surface area contributed by atoms with Crippen molar-refractivity contribution in [2.45, 2.75) is 4.90 Å². The fourth-order valence-corrected chi connectivity index (χ4v) is 4.75.